The molecule has 6 nitrogen and oxygen atoms in total. The summed E-state index contributed by atoms with van der Waals surface area (Å²) in [4.78, 5) is 13.7. The monoisotopic (exact) mass is 299 g/mol. The van der Waals surface area contributed by atoms with Gasteiger partial charge in [-0.05, 0) is 24.6 Å². The molecule has 3 N–H and O–H groups in total. The van der Waals surface area contributed by atoms with E-state index in [2.05, 4.69) is 5.32 Å². The summed E-state index contributed by atoms with van der Waals surface area (Å²) >= 11 is 0. The topological polar surface area (TPSA) is 92.5 Å². The Labute approximate surface area is 119 Å². The second-order valence-electron chi connectivity index (χ2n) is 4.91. The molecule has 0 heterocycles. The third-order valence-corrected chi connectivity index (χ3v) is 3.78. The molecule has 0 spiro atoms. The molecule has 20 heavy (non-hydrogen) atoms. The summed E-state index contributed by atoms with van der Waals surface area (Å²) in [6.45, 7) is 0.321. The average molecular weight is 299 g/mol. The Morgan fingerprint density at radius 1 is 1.35 bits per heavy atom. The predicted octanol–water partition coefficient (Wildman–Crippen LogP) is 0.499. The number of carbonyl (C=O) groups excluding carboxylic acids is 1. The standard InChI is InChI=1S/C13H21N3O3S/c1-16(2)12-6-5-10(9-11(12)14)13(17)15-7-4-8-20(3,18)19/h5-6,9H,4,7-8,14H2,1-3H3,(H,15,17). The van der Waals surface area contributed by atoms with Crippen LogP contribution in [-0.2, 0) is 9.84 Å². The first-order valence-corrected chi connectivity index (χ1v) is 8.29. The number of benzene rings is 1. The van der Waals surface area contributed by atoms with Gasteiger partial charge in [0.1, 0.15) is 9.84 Å². The molecule has 0 saturated heterocycles. The lowest BCUT2D eigenvalue weighted by molar-refractivity contribution is 0.0953. The van der Waals surface area contributed by atoms with Crippen LogP contribution in [0.3, 0.4) is 0 Å². The van der Waals surface area contributed by atoms with Gasteiger partial charge in [0.15, 0.2) is 0 Å². The number of rotatable bonds is 6. The Kier molecular flexibility index (Phi) is 5.38. The van der Waals surface area contributed by atoms with Crippen molar-refractivity contribution in [2.45, 2.75) is 6.42 Å². The average Bonchev–Trinajstić information content (AvgIpc) is 2.32. The SMILES string of the molecule is CN(C)c1ccc(C(=O)NCCCS(C)(=O)=O)cc1N. The fourth-order valence-corrected chi connectivity index (χ4v) is 2.41. The molecule has 1 aromatic rings. The lowest BCUT2D eigenvalue weighted by atomic mass is 10.1. The van der Waals surface area contributed by atoms with Gasteiger partial charge in [-0.1, -0.05) is 0 Å². The summed E-state index contributed by atoms with van der Waals surface area (Å²) in [6.07, 6.45) is 1.57. The maximum atomic E-state index is 11.9. The van der Waals surface area contributed by atoms with Crippen molar-refractivity contribution in [3.05, 3.63) is 23.8 Å². The Balaban J connectivity index is 2.58. The highest BCUT2D eigenvalue weighted by Gasteiger charge is 2.09. The van der Waals surface area contributed by atoms with E-state index in [0.717, 1.165) is 5.69 Å². The molecule has 0 aliphatic heterocycles. The van der Waals surface area contributed by atoms with Crippen molar-refractivity contribution >= 4 is 27.1 Å². The van der Waals surface area contributed by atoms with Crippen molar-refractivity contribution in [3.8, 4) is 0 Å². The lowest BCUT2D eigenvalue weighted by Gasteiger charge is -2.15. The molecular formula is C13H21N3O3S. The Bertz CT molecular complexity index is 583. The van der Waals surface area contributed by atoms with Gasteiger partial charge in [0.05, 0.1) is 17.1 Å². The molecule has 1 rings (SSSR count). The second kappa shape index (κ2) is 6.60. The lowest BCUT2D eigenvalue weighted by Crippen LogP contribution is -2.26. The zero-order valence-corrected chi connectivity index (χ0v) is 12.8. The maximum absolute atomic E-state index is 11.9. The number of nitrogen functional groups attached to an aromatic ring is 1. The van der Waals surface area contributed by atoms with E-state index < -0.39 is 9.84 Å². The van der Waals surface area contributed by atoms with Gasteiger partial charge >= 0.3 is 0 Å². The fourth-order valence-electron chi connectivity index (χ4n) is 1.74. The van der Waals surface area contributed by atoms with E-state index in [9.17, 15) is 13.2 Å². The summed E-state index contributed by atoms with van der Waals surface area (Å²) in [7, 11) is 0.758. The van der Waals surface area contributed by atoms with Gasteiger partial charge in [0.2, 0.25) is 0 Å². The van der Waals surface area contributed by atoms with Crippen molar-refractivity contribution < 1.29 is 13.2 Å². The summed E-state index contributed by atoms with van der Waals surface area (Å²) < 4.78 is 21.9. The fraction of sp³-hybridized carbons (Fsp3) is 0.462. The highest BCUT2D eigenvalue weighted by molar-refractivity contribution is 7.90. The van der Waals surface area contributed by atoms with Gasteiger partial charge in [-0.15, -0.1) is 0 Å². The summed E-state index contributed by atoms with van der Waals surface area (Å²) in [5.41, 5.74) is 7.71. The minimum atomic E-state index is -2.99. The smallest absolute Gasteiger partial charge is 0.251 e. The largest absolute Gasteiger partial charge is 0.397 e. The van der Waals surface area contributed by atoms with E-state index in [4.69, 9.17) is 5.73 Å². The van der Waals surface area contributed by atoms with Gasteiger partial charge in [-0.3, -0.25) is 4.79 Å². The number of hydrogen-bond acceptors (Lipinski definition) is 5. The molecule has 0 aliphatic carbocycles. The third-order valence-electron chi connectivity index (χ3n) is 2.75. The predicted molar refractivity (Wildman–Crippen MR) is 81.8 cm³/mol. The van der Waals surface area contributed by atoms with Crippen LogP contribution in [-0.4, -0.2) is 47.0 Å². The molecular weight excluding hydrogens is 278 g/mol. The third kappa shape index (κ3) is 5.08. The molecule has 0 fully saturated rings. The van der Waals surface area contributed by atoms with Crippen molar-refractivity contribution in [1.82, 2.24) is 5.32 Å². The minimum Gasteiger partial charge on any atom is -0.397 e. The van der Waals surface area contributed by atoms with E-state index in [1.165, 1.54) is 6.26 Å². The molecule has 0 aromatic heterocycles. The van der Waals surface area contributed by atoms with Crippen LogP contribution in [0.4, 0.5) is 11.4 Å². The number of carbonyl (C=O) groups is 1. The number of sulfone groups is 1. The minimum absolute atomic E-state index is 0.0645. The van der Waals surface area contributed by atoms with Crippen LogP contribution in [0, 0.1) is 0 Å². The molecule has 0 radical (unpaired) electrons. The van der Waals surface area contributed by atoms with Crippen molar-refractivity contribution in [1.29, 1.82) is 0 Å². The molecule has 0 atom stereocenters. The van der Waals surface area contributed by atoms with Crippen LogP contribution in [0.1, 0.15) is 16.8 Å². The molecule has 112 valence electrons. The van der Waals surface area contributed by atoms with E-state index in [1.54, 1.807) is 18.2 Å². The maximum Gasteiger partial charge on any atom is 0.251 e. The van der Waals surface area contributed by atoms with E-state index in [-0.39, 0.29) is 11.7 Å². The van der Waals surface area contributed by atoms with Crippen LogP contribution in [0.15, 0.2) is 18.2 Å². The molecule has 1 aromatic carbocycles. The molecule has 0 unspecified atom stereocenters. The molecule has 1 amide bonds. The van der Waals surface area contributed by atoms with Crippen LogP contribution >= 0.6 is 0 Å². The molecule has 0 aliphatic rings. The zero-order chi connectivity index (χ0) is 15.3. The molecule has 0 saturated carbocycles. The second-order valence-corrected chi connectivity index (χ2v) is 7.17. The van der Waals surface area contributed by atoms with Gasteiger partial charge in [0.25, 0.3) is 5.91 Å². The molecule has 0 bridgehead atoms. The quantitative estimate of drug-likeness (QED) is 0.589. The zero-order valence-electron chi connectivity index (χ0n) is 12.0. The van der Waals surface area contributed by atoms with Crippen molar-refractivity contribution in [2.24, 2.45) is 0 Å². The highest BCUT2D eigenvalue weighted by atomic mass is 32.2. The number of hydrogen-bond donors (Lipinski definition) is 2. The molecule has 7 heteroatoms. The Morgan fingerprint density at radius 2 is 2.00 bits per heavy atom. The van der Waals surface area contributed by atoms with E-state index >= 15 is 0 Å². The summed E-state index contributed by atoms with van der Waals surface area (Å²) in [5, 5.41) is 2.67. The van der Waals surface area contributed by atoms with Gasteiger partial charge < -0.3 is 16.0 Å². The number of nitrogens with two attached hydrogens (primary N) is 1. The van der Waals surface area contributed by atoms with Gasteiger partial charge in [-0.2, -0.15) is 0 Å². The number of amides is 1. The van der Waals surface area contributed by atoms with E-state index in [0.29, 0.717) is 24.2 Å². The number of nitrogens with zero attached hydrogens (tertiary/aromatic N) is 1. The van der Waals surface area contributed by atoms with Gasteiger partial charge in [-0.25, -0.2) is 8.42 Å². The first-order chi connectivity index (χ1) is 9.20. The Morgan fingerprint density at radius 3 is 2.50 bits per heavy atom. The van der Waals surface area contributed by atoms with Gasteiger partial charge in [0, 0.05) is 32.5 Å². The van der Waals surface area contributed by atoms with Crippen LogP contribution in [0.25, 0.3) is 0 Å². The van der Waals surface area contributed by atoms with Crippen molar-refractivity contribution in [3.63, 3.8) is 0 Å². The number of nitrogens with one attached hydrogen (secondary N) is 1. The highest BCUT2D eigenvalue weighted by Crippen LogP contribution is 2.22. The van der Waals surface area contributed by atoms with E-state index in [1.807, 2.05) is 19.0 Å². The van der Waals surface area contributed by atoms with Crippen LogP contribution < -0.4 is 16.0 Å². The first kappa shape index (κ1) is 16.3. The number of anilines is 2. The van der Waals surface area contributed by atoms with Crippen molar-refractivity contribution in [2.75, 3.05) is 43.3 Å². The first-order valence-electron chi connectivity index (χ1n) is 6.23. The summed E-state index contributed by atoms with van der Waals surface area (Å²) in [6, 6.07) is 5.08. The van der Waals surface area contributed by atoms with Crippen LogP contribution in [0.5, 0.6) is 0 Å². The summed E-state index contributed by atoms with van der Waals surface area (Å²) in [5.74, 6) is -0.190. The Hall–Kier alpha value is -1.76. The normalized spacial score (nSPS) is 11.2. The van der Waals surface area contributed by atoms with Crippen LogP contribution in [0.2, 0.25) is 0 Å².